The summed E-state index contributed by atoms with van der Waals surface area (Å²) in [6.45, 7) is 0.506. The molecule has 1 amide bonds. The number of anilines is 3. The molecule has 0 atom stereocenters. The number of amides is 1. The van der Waals surface area contributed by atoms with E-state index in [4.69, 9.17) is 10.9 Å². The number of para-hydroxylation sites is 2. The average molecular weight is 423 g/mol. The molecule has 154 valence electrons. The quantitative estimate of drug-likeness (QED) is 0.343. The number of rotatable bonds is 7. The molecule has 3 aromatic rings. The van der Waals surface area contributed by atoms with E-state index in [-0.39, 0.29) is 10.8 Å². The minimum atomic E-state index is -3.74. The summed E-state index contributed by atoms with van der Waals surface area (Å²) in [6, 6.07) is 21.0. The van der Waals surface area contributed by atoms with Crippen molar-refractivity contribution >= 4 is 39.1 Å². The Balaban J connectivity index is 1.57. The molecule has 0 aliphatic carbocycles. The molecule has 30 heavy (non-hydrogen) atoms. The second-order valence-corrected chi connectivity index (χ2v) is 8.14. The van der Waals surface area contributed by atoms with Gasteiger partial charge in [0.15, 0.2) is 0 Å². The van der Waals surface area contributed by atoms with Gasteiger partial charge in [-0.05, 0) is 47.5 Å². The summed E-state index contributed by atoms with van der Waals surface area (Å²) in [5.74, 6) is -0.270. The smallest absolute Gasteiger partial charge is 0.248 e. The number of hydrogen-bond donors (Lipinski definition) is 4. The Kier molecular flexibility index (Phi) is 6.51. The van der Waals surface area contributed by atoms with Crippen LogP contribution in [0.4, 0.5) is 17.1 Å². The van der Waals surface area contributed by atoms with Crippen molar-refractivity contribution in [2.75, 3.05) is 16.4 Å². The van der Waals surface area contributed by atoms with Crippen LogP contribution >= 0.6 is 0 Å². The fourth-order valence-corrected chi connectivity index (χ4v) is 3.25. The highest BCUT2D eigenvalue weighted by Crippen LogP contribution is 2.17. The van der Waals surface area contributed by atoms with E-state index in [9.17, 15) is 13.2 Å². The maximum atomic E-state index is 12.0. The summed E-state index contributed by atoms with van der Waals surface area (Å²) in [5, 5.41) is 11.0. The molecule has 8 heteroatoms. The largest absolute Gasteiger partial charge is 0.397 e. The number of carbonyl (C=O) groups excluding carboxylic acids is 1. The van der Waals surface area contributed by atoms with Crippen LogP contribution in [0.25, 0.3) is 6.08 Å². The highest BCUT2D eigenvalue weighted by Gasteiger charge is 2.07. The molecule has 0 aliphatic rings. The minimum absolute atomic E-state index is 0.0588. The lowest BCUT2D eigenvalue weighted by Crippen LogP contribution is -2.12. The lowest BCUT2D eigenvalue weighted by molar-refractivity contribution is -0.111. The van der Waals surface area contributed by atoms with Gasteiger partial charge >= 0.3 is 0 Å². The van der Waals surface area contributed by atoms with Crippen LogP contribution in [-0.4, -0.2) is 14.3 Å². The lowest BCUT2D eigenvalue weighted by Gasteiger charge is -2.08. The van der Waals surface area contributed by atoms with Crippen molar-refractivity contribution in [2.45, 2.75) is 11.4 Å². The Morgan fingerprint density at radius 3 is 2.40 bits per heavy atom. The average Bonchev–Trinajstić information content (AvgIpc) is 2.73. The van der Waals surface area contributed by atoms with E-state index in [1.165, 1.54) is 18.2 Å². The van der Waals surface area contributed by atoms with E-state index in [0.717, 1.165) is 11.1 Å². The topological polar surface area (TPSA) is 127 Å². The van der Waals surface area contributed by atoms with Gasteiger partial charge in [0, 0.05) is 18.3 Å². The van der Waals surface area contributed by atoms with E-state index in [1.54, 1.807) is 42.5 Å². The summed E-state index contributed by atoms with van der Waals surface area (Å²) in [4.78, 5) is 12.1. The van der Waals surface area contributed by atoms with Crippen LogP contribution in [0, 0.1) is 0 Å². The number of sulfonamides is 1. The van der Waals surface area contributed by atoms with Gasteiger partial charge in [0.1, 0.15) is 0 Å². The van der Waals surface area contributed by atoms with E-state index in [2.05, 4.69) is 10.6 Å². The van der Waals surface area contributed by atoms with Crippen LogP contribution in [-0.2, 0) is 21.4 Å². The highest BCUT2D eigenvalue weighted by molar-refractivity contribution is 7.89. The van der Waals surface area contributed by atoms with Gasteiger partial charge in [0.25, 0.3) is 0 Å². The first kappa shape index (κ1) is 21.1. The molecule has 0 saturated carbocycles. The number of nitrogen functional groups attached to an aromatic ring is 1. The normalized spacial score (nSPS) is 11.4. The van der Waals surface area contributed by atoms with Crippen LogP contribution in [0.15, 0.2) is 83.8 Å². The number of carbonyl (C=O) groups is 1. The maximum absolute atomic E-state index is 12.0. The predicted molar refractivity (Wildman–Crippen MR) is 120 cm³/mol. The SMILES string of the molecule is Nc1ccccc1NC(=O)/C=C\c1ccc(CNc2cccc(S(N)(=O)=O)c2)cc1. The number of nitrogens with two attached hydrogens (primary N) is 2. The van der Waals surface area contributed by atoms with E-state index in [1.807, 2.05) is 24.3 Å². The summed E-state index contributed by atoms with van der Waals surface area (Å²) in [5.41, 5.74) is 9.40. The minimum Gasteiger partial charge on any atom is -0.397 e. The van der Waals surface area contributed by atoms with Gasteiger partial charge in [-0.2, -0.15) is 0 Å². The molecule has 0 aliphatic heterocycles. The van der Waals surface area contributed by atoms with Gasteiger partial charge < -0.3 is 16.4 Å². The van der Waals surface area contributed by atoms with Crippen LogP contribution in [0.3, 0.4) is 0 Å². The summed E-state index contributed by atoms with van der Waals surface area (Å²) in [6.07, 6.45) is 3.15. The summed E-state index contributed by atoms with van der Waals surface area (Å²) in [7, 11) is -3.74. The first-order valence-electron chi connectivity index (χ1n) is 9.10. The van der Waals surface area contributed by atoms with Crippen LogP contribution in [0.2, 0.25) is 0 Å². The Morgan fingerprint density at radius 1 is 0.967 bits per heavy atom. The fraction of sp³-hybridized carbons (Fsp3) is 0.0455. The standard InChI is InChI=1S/C22H22N4O3S/c23-20-6-1-2-7-21(20)26-22(27)13-12-16-8-10-17(11-9-16)15-25-18-4-3-5-19(14-18)30(24,28)29/h1-14,25H,15,23H2,(H,26,27)(H2,24,28,29)/b13-12-. The molecule has 0 saturated heterocycles. The third-order valence-corrected chi connectivity index (χ3v) is 5.20. The molecule has 7 nitrogen and oxygen atoms in total. The van der Waals surface area contributed by atoms with Crippen molar-refractivity contribution in [3.8, 4) is 0 Å². The zero-order chi connectivity index (χ0) is 21.6. The Hall–Kier alpha value is -3.62. The fourth-order valence-electron chi connectivity index (χ4n) is 2.69. The molecular formula is C22H22N4O3S. The van der Waals surface area contributed by atoms with Gasteiger partial charge in [-0.15, -0.1) is 0 Å². The van der Waals surface area contributed by atoms with E-state index in [0.29, 0.717) is 23.6 Å². The Bertz CT molecular complexity index is 1170. The van der Waals surface area contributed by atoms with Gasteiger partial charge in [-0.3, -0.25) is 4.79 Å². The molecule has 0 heterocycles. The van der Waals surface area contributed by atoms with Crippen molar-refractivity contribution in [3.63, 3.8) is 0 Å². The van der Waals surface area contributed by atoms with Gasteiger partial charge in [-0.1, -0.05) is 42.5 Å². The van der Waals surface area contributed by atoms with Crippen LogP contribution in [0.5, 0.6) is 0 Å². The molecule has 6 N–H and O–H groups in total. The highest BCUT2D eigenvalue weighted by atomic mass is 32.2. The third-order valence-electron chi connectivity index (χ3n) is 4.28. The number of nitrogens with one attached hydrogen (secondary N) is 2. The van der Waals surface area contributed by atoms with Crippen molar-refractivity contribution < 1.29 is 13.2 Å². The van der Waals surface area contributed by atoms with Gasteiger partial charge in [0.2, 0.25) is 15.9 Å². The van der Waals surface area contributed by atoms with Crippen molar-refractivity contribution in [2.24, 2.45) is 5.14 Å². The second kappa shape index (κ2) is 9.25. The summed E-state index contributed by atoms with van der Waals surface area (Å²) < 4.78 is 22.9. The first-order chi connectivity index (χ1) is 14.3. The number of primary sulfonamides is 1. The molecule has 3 rings (SSSR count). The maximum Gasteiger partial charge on any atom is 0.248 e. The molecule has 0 fully saturated rings. The molecule has 0 aromatic heterocycles. The van der Waals surface area contributed by atoms with Crippen molar-refractivity contribution in [1.29, 1.82) is 0 Å². The lowest BCUT2D eigenvalue weighted by atomic mass is 10.1. The van der Waals surface area contributed by atoms with E-state index >= 15 is 0 Å². The van der Waals surface area contributed by atoms with Crippen LogP contribution in [0.1, 0.15) is 11.1 Å². The molecule has 0 radical (unpaired) electrons. The Morgan fingerprint density at radius 2 is 1.70 bits per heavy atom. The molecule has 0 spiro atoms. The molecular weight excluding hydrogens is 400 g/mol. The molecule has 3 aromatic carbocycles. The predicted octanol–water partition coefficient (Wildman–Crippen LogP) is 3.18. The number of hydrogen-bond acceptors (Lipinski definition) is 5. The number of benzene rings is 3. The zero-order valence-electron chi connectivity index (χ0n) is 16.1. The Labute approximate surface area is 175 Å². The van der Waals surface area contributed by atoms with E-state index < -0.39 is 10.0 Å². The molecule has 0 unspecified atom stereocenters. The zero-order valence-corrected chi connectivity index (χ0v) is 16.9. The van der Waals surface area contributed by atoms with Gasteiger partial charge in [0.05, 0.1) is 16.3 Å². The van der Waals surface area contributed by atoms with Gasteiger partial charge in [-0.25, -0.2) is 13.6 Å². The monoisotopic (exact) mass is 422 g/mol. The first-order valence-corrected chi connectivity index (χ1v) is 10.7. The van der Waals surface area contributed by atoms with Crippen LogP contribution < -0.4 is 21.5 Å². The third kappa shape index (κ3) is 5.94. The van der Waals surface area contributed by atoms with Crippen molar-refractivity contribution in [3.05, 3.63) is 90.0 Å². The summed E-state index contributed by atoms with van der Waals surface area (Å²) >= 11 is 0. The van der Waals surface area contributed by atoms with Crippen molar-refractivity contribution in [1.82, 2.24) is 0 Å². The molecule has 0 bridgehead atoms. The second-order valence-electron chi connectivity index (χ2n) is 6.58.